The Kier molecular flexibility index (Phi) is 3.68. The average molecular weight is 195 g/mol. The first-order valence-corrected chi connectivity index (χ1v) is 4.94. The average Bonchev–Trinajstić information content (AvgIpc) is 2.59. The molecule has 0 saturated carbocycles. The SMILES string of the molecule is CCCNC(=O)C(C)n1ccnc1C. The van der Waals surface area contributed by atoms with Crippen LogP contribution in [0.5, 0.6) is 0 Å². The molecule has 0 aliphatic rings. The van der Waals surface area contributed by atoms with Crippen molar-refractivity contribution in [3.63, 3.8) is 0 Å². The van der Waals surface area contributed by atoms with Crippen molar-refractivity contribution < 1.29 is 4.79 Å². The molecule has 0 spiro atoms. The summed E-state index contributed by atoms with van der Waals surface area (Å²) in [6.45, 7) is 6.54. The molecule has 1 amide bonds. The van der Waals surface area contributed by atoms with Crippen LogP contribution in [0.15, 0.2) is 12.4 Å². The minimum absolute atomic E-state index is 0.0490. The van der Waals surface area contributed by atoms with Crippen molar-refractivity contribution >= 4 is 5.91 Å². The molecule has 4 heteroatoms. The van der Waals surface area contributed by atoms with Crippen molar-refractivity contribution in [2.24, 2.45) is 0 Å². The highest BCUT2D eigenvalue weighted by Crippen LogP contribution is 2.07. The number of nitrogens with zero attached hydrogens (tertiary/aromatic N) is 2. The van der Waals surface area contributed by atoms with Crippen molar-refractivity contribution in [2.75, 3.05) is 6.54 Å². The number of imidazole rings is 1. The number of carbonyl (C=O) groups is 1. The van der Waals surface area contributed by atoms with E-state index >= 15 is 0 Å². The van der Waals surface area contributed by atoms with Gasteiger partial charge in [0, 0.05) is 18.9 Å². The monoisotopic (exact) mass is 195 g/mol. The molecule has 1 N–H and O–H groups in total. The second-order valence-corrected chi connectivity index (χ2v) is 3.35. The highest BCUT2D eigenvalue weighted by molar-refractivity contribution is 5.79. The first-order valence-electron chi connectivity index (χ1n) is 4.94. The fourth-order valence-electron chi connectivity index (χ4n) is 1.32. The van der Waals surface area contributed by atoms with Gasteiger partial charge in [-0.3, -0.25) is 4.79 Å². The zero-order chi connectivity index (χ0) is 10.6. The van der Waals surface area contributed by atoms with E-state index in [0.717, 1.165) is 18.8 Å². The topological polar surface area (TPSA) is 46.9 Å². The molecule has 0 fully saturated rings. The number of carbonyl (C=O) groups excluding carboxylic acids is 1. The molecule has 1 atom stereocenters. The number of hydrogen-bond donors (Lipinski definition) is 1. The second kappa shape index (κ2) is 4.79. The molecule has 0 saturated heterocycles. The molecule has 1 rings (SSSR count). The number of hydrogen-bond acceptors (Lipinski definition) is 2. The van der Waals surface area contributed by atoms with Crippen molar-refractivity contribution in [1.82, 2.24) is 14.9 Å². The second-order valence-electron chi connectivity index (χ2n) is 3.35. The van der Waals surface area contributed by atoms with Crippen LogP contribution in [0.2, 0.25) is 0 Å². The number of aromatic nitrogens is 2. The standard InChI is InChI=1S/C10H17N3O/c1-4-5-12-10(14)8(2)13-7-6-11-9(13)3/h6-8H,4-5H2,1-3H3,(H,12,14). The number of amides is 1. The fraction of sp³-hybridized carbons (Fsp3) is 0.600. The summed E-state index contributed by atoms with van der Waals surface area (Å²) in [4.78, 5) is 15.7. The Morgan fingerprint density at radius 1 is 1.71 bits per heavy atom. The number of aryl methyl sites for hydroxylation is 1. The summed E-state index contributed by atoms with van der Waals surface area (Å²) in [5.74, 6) is 0.914. The Morgan fingerprint density at radius 3 is 2.93 bits per heavy atom. The molecular formula is C10H17N3O. The third-order valence-electron chi connectivity index (χ3n) is 2.21. The van der Waals surface area contributed by atoms with Gasteiger partial charge in [-0.1, -0.05) is 6.92 Å². The van der Waals surface area contributed by atoms with E-state index in [2.05, 4.69) is 10.3 Å². The molecule has 1 heterocycles. The molecule has 4 nitrogen and oxygen atoms in total. The maximum absolute atomic E-state index is 11.6. The zero-order valence-corrected chi connectivity index (χ0v) is 8.95. The van der Waals surface area contributed by atoms with Crippen LogP contribution >= 0.6 is 0 Å². The van der Waals surface area contributed by atoms with Crippen LogP contribution in [-0.4, -0.2) is 22.0 Å². The van der Waals surface area contributed by atoms with Crippen LogP contribution in [0.25, 0.3) is 0 Å². The lowest BCUT2D eigenvalue weighted by Crippen LogP contribution is -2.31. The van der Waals surface area contributed by atoms with Crippen molar-refractivity contribution in [3.8, 4) is 0 Å². The van der Waals surface area contributed by atoms with Gasteiger partial charge in [0.2, 0.25) is 5.91 Å². The van der Waals surface area contributed by atoms with Crippen molar-refractivity contribution in [2.45, 2.75) is 33.2 Å². The van der Waals surface area contributed by atoms with E-state index < -0.39 is 0 Å². The molecule has 0 radical (unpaired) electrons. The quantitative estimate of drug-likeness (QED) is 0.786. The molecule has 0 bridgehead atoms. The summed E-state index contributed by atoms with van der Waals surface area (Å²) in [6.07, 6.45) is 4.49. The van der Waals surface area contributed by atoms with Gasteiger partial charge in [-0.25, -0.2) is 4.98 Å². The minimum Gasteiger partial charge on any atom is -0.354 e. The van der Waals surface area contributed by atoms with Crippen LogP contribution in [-0.2, 0) is 4.79 Å². The van der Waals surface area contributed by atoms with Gasteiger partial charge >= 0.3 is 0 Å². The smallest absolute Gasteiger partial charge is 0.242 e. The third kappa shape index (κ3) is 2.34. The van der Waals surface area contributed by atoms with E-state index in [1.807, 2.05) is 31.5 Å². The lowest BCUT2D eigenvalue weighted by Gasteiger charge is -2.14. The van der Waals surface area contributed by atoms with E-state index in [1.54, 1.807) is 6.20 Å². The number of rotatable bonds is 4. The largest absolute Gasteiger partial charge is 0.354 e. The predicted octanol–water partition coefficient (Wildman–Crippen LogP) is 1.28. The van der Waals surface area contributed by atoms with Crippen LogP contribution in [0, 0.1) is 6.92 Å². The van der Waals surface area contributed by atoms with Gasteiger partial charge in [0.05, 0.1) is 0 Å². The van der Waals surface area contributed by atoms with Crippen LogP contribution < -0.4 is 5.32 Å². The summed E-state index contributed by atoms with van der Waals surface area (Å²) in [5.41, 5.74) is 0. The highest BCUT2D eigenvalue weighted by Gasteiger charge is 2.14. The molecular weight excluding hydrogens is 178 g/mol. The lowest BCUT2D eigenvalue weighted by molar-refractivity contribution is -0.123. The highest BCUT2D eigenvalue weighted by atomic mass is 16.2. The molecule has 1 aromatic rings. The summed E-state index contributed by atoms with van der Waals surface area (Å²) in [5, 5.41) is 2.86. The van der Waals surface area contributed by atoms with Gasteiger partial charge in [0.15, 0.2) is 0 Å². The minimum atomic E-state index is -0.177. The maximum atomic E-state index is 11.6. The lowest BCUT2D eigenvalue weighted by atomic mass is 10.3. The Balaban J connectivity index is 2.61. The molecule has 1 unspecified atom stereocenters. The molecule has 1 aromatic heterocycles. The van der Waals surface area contributed by atoms with E-state index in [-0.39, 0.29) is 11.9 Å². The molecule has 0 aromatic carbocycles. The van der Waals surface area contributed by atoms with E-state index in [0.29, 0.717) is 0 Å². The first-order chi connectivity index (χ1) is 6.66. The van der Waals surface area contributed by atoms with Gasteiger partial charge in [-0.2, -0.15) is 0 Å². The Hall–Kier alpha value is -1.32. The van der Waals surface area contributed by atoms with Crippen LogP contribution in [0.4, 0.5) is 0 Å². The zero-order valence-electron chi connectivity index (χ0n) is 8.95. The Labute approximate surface area is 84.3 Å². The van der Waals surface area contributed by atoms with Gasteiger partial charge in [-0.15, -0.1) is 0 Å². The van der Waals surface area contributed by atoms with Gasteiger partial charge in [0.25, 0.3) is 0 Å². The maximum Gasteiger partial charge on any atom is 0.242 e. The van der Waals surface area contributed by atoms with Gasteiger partial charge < -0.3 is 9.88 Å². The van der Waals surface area contributed by atoms with E-state index in [1.165, 1.54) is 0 Å². The predicted molar refractivity (Wildman–Crippen MR) is 55.0 cm³/mol. The molecule has 0 aliphatic heterocycles. The fourth-order valence-corrected chi connectivity index (χ4v) is 1.32. The van der Waals surface area contributed by atoms with E-state index in [9.17, 15) is 4.79 Å². The molecule has 14 heavy (non-hydrogen) atoms. The summed E-state index contributed by atoms with van der Waals surface area (Å²) in [7, 11) is 0. The first kappa shape index (κ1) is 10.8. The Bertz CT molecular complexity index is 306. The van der Waals surface area contributed by atoms with Crippen molar-refractivity contribution in [3.05, 3.63) is 18.2 Å². The Morgan fingerprint density at radius 2 is 2.43 bits per heavy atom. The van der Waals surface area contributed by atoms with Crippen molar-refractivity contribution in [1.29, 1.82) is 0 Å². The summed E-state index contributed by atoms with van der Waals surface area (Å²) < 4.78 is 1.87. The van der Waals surface area contributed by atoms with Crippen LogP contribution in [0.1, 0.15) is 32.1 Å². The summed E-state index contributed by atoms with van der Waals surface area (Å²) >= 11 is 0. The normalized spacial score (nSPS) is 12.5. The third-order valence-corrected chi connectivity index (χ3v) is 2.21. The van der Waals surface area contributed by atoms with Crippen LogP contribution in [0.3, 0.4) is 0 Å². The van der Waals surface area contributed by atoms with Gasteiger partial charge in [-0.05, 0) is 20.3 Å². The number of nitrogens with one attached hydrogen (secondary N) is 1. The molecule has 0 aliphatic carbocycles. The summed E-state index contributed by atoms with van der Waals surface area (Å²) in [6, 6.07) is -0.177. The molecule has 78 valence electrons. The van der Waals surface area contributed by atoms with Gasteiger partial charge in [0.1, 0.15) is 11.9 Å². The van der Waals surface area contributed by atoms with E-state index in [4.69, 9.17) is 0 Å².